The van der Waals surface area contributed by atoms with E-state index in [2.05, 4.69) is 0 Å². The number of amides is 4. The number of halogens is 1. The van der Waals surface area contributed by atoms with Crippen molar-refractivity contribution in [3.63, 3.8) is 0 Å². The molecule has 1 heterocycles. The highest BCUT2D eigenvalue weighted by Gasteiger charge is 2.27. The number of benzene rings is 2. The van der Waals surface area contributed by atoms with E-state index in [1.54, 1.807) is 30.3 Å². The van der Waals surface area contributed by atoms with E-state index < -0.39 is 17.8 Å². The molecule has 4 amide bonds. The van der Waals surface area contributed by atoms with Crippen molar-refractivity contribution in [1.29, 1.82) is 0 Å². The van der Waals surface area contributed by atoms with Gasteiger partial charge in [0, 0.05) is 5.02 Å². The molecule has 144 valence electrons. The predicted octanol–water partition coefficient (Wildman–Crippen LogP) is 3.07. The smallest absolute Gasteiger partial charge is 0.328 e. The lowest BCUT2D eigenvalue weighted by Crippen LogP contribution is -2.51. The summed E-state index contributed by atoms with van der Waals surface area (Å²) in [7, 11) is 0. The van der Waals surface area contributed by atoms with Crippen LogP contribution < -0.4 is 20.1 Å². The first-order valence-corrected chi connectivity index (χ1v) is 8.86. The minimum absolute atomic E-state index is 0.170. The molecule has 0 aliphatic carbocycles. The molecule has 0 saturated carbocycles. The number of rotatable bonds is 6. The van der Waals surface area contributed by atoms with Gasteiger partial charge in [0.1, 0.15) is 12.2 Å². The van der Waals surface area contributed by atoms with Crippen LogP contribution in [0.15, 0.2) is 48.0 Å². The van der Waals surface area contributed by atoms with Crippen LogP contribution in [0.4, 0.5) is 4.79 Å². The molecule has 0 bridgehead atoms. The molecule has 7 nitrogen and oxygen atoms in total. The number of barbiturate groups is 1. The van der Waals surface area contributed by atoms with Gasteiger partial charge >= 0.3 is 6.03 Å². The first-order chi connectivity index (χ1) is 13.5. The molecule has 1 aliphatic heterocycles. The summed E-state index contributed by atoms with van der Waals surface area (Å²) in [6, 6.07) is 11.5. The SMILES string of the molecule is CCOc1cc(C=C2C(=O)NC(=O)NC2=O)ccc1OCc1ccc(Cl)cc1. The fraction of sp³-hybridized carbons (Fsp3) is 0.150. The van der Waals surface area contributed by atoms with E-state index in [9.17, 15) is 14.4 Å². The Labute approximate surface area is 166 Å². The minimum Gasteiger partial charge on any atom is -0.490 e. The second-order valence-electron chi connectivity index (χ2n) is 5.85. The normalized spacial score (nSPS) is 13.6. The van der Waals surface area contributed by atoms with Crippen LogP contribution in [0.2, 0.25) is 5.02 Å². The predicted molar refractivity (Wildman–Crippen MR) is 103 cm³/mol. The quantitative estimate of drug-likeness (QED) is 0.574. The van der Waals surface area contributed by atoms with Gasteiger partial charge in [-0.25, -0.2) is 4.79 Å². The van der Waals surface area contributed by atoms with Crippen molar-refractivity contribution in [1.82, 2.24) is 10.6 Å². The minimum atomic E-state index is -0.840. The van der Waals surface area contributed by atoms with Gasteiger partial charge < -0.3 is 9.47 Å². The van der Waals surface area contributed by atoms with E-state index in [0.29, 0.717) is 35.3 Å². The first kappa shape index (κ1) is 19.4. The Hall–Kier alpha value is -3.32. The van der Waals surface area contributed by atoms with Gasteiger partial charge in [0.2, 0.25) is 0 Å². The van der Waals surface area contributed by atoms with Crippen LogP contribution in [0.1, 0.15) is 18.1 Å². The van der Waals surface area contributed by atoms with Gasteiger partial charge in [-0.3, -0.25) is 20.2 Å². The van der Waals surface area contributed by atoms with Gasteiger partial charge in [-0.1, -0.05) is 29.8 Å². The third-order valence-corrected chi connectivity index (χ3v) is 4.08. The number of urea groups is 1. The van der Waals surface area contributed by atoms with Crippen molar-refractivity contribution in [2.45, 2.75) is 13.5 Å². The van der Waals surface area contributed by atoms with E-state index in [4.69, 9.17) is 21.1 Å². The van der Waals surface area contributed by atoms with E-state index in [1.807, 2.05) is 29.7 Å². The number of hydrogen-bond donors (Lipinski definition) is 2. The number of hydrogen-bond acceptors (Lipinski definition) is 5. The van der Waals surface area contributed by atoms with Gasteiger partial charge in [-0.15, -0.1) is 0 Å². The van der Waals surface area contributed by atoms with Crippen molar-refractivity contribution in [3.8, 4) is 11.5 Å². The second kappa shape index (κ2) is 8.58. The Kier molecular flexibility index (Phi) is 5.96. The van der Waals surface area contributed by atoms with Crippen LogP contribution in [-0.4, -0.2) is 24.5 Å². The maximum atomic E-state index is 11.9. The van der Waals surface area contributed by atoms with Crippen molar-refractivity contribution in [2.24, 2.45) is 0 Å². The fourth-order valence-electron chi connectivity index (χ4n) is 2.52. The van der Waals surface area contributed by atoms with E-state index in [0.717, 1.165) is 5.56 Å². The molecule has 0 aromatic heterocycles. The van der Waals surface area contributed by atoms with Crippen LogP contribution in [0.5, 0.6) is 11.5 Å². The van der Waals surface area contributed by atoms with E-state index in [1.165, 1.54) is 6.08 Å². The number of carbonyl (C=O) groups excluding carboxylic acids is 3. The third-order valence-electron chi connectivity index (χ3n) is 3.83. The lowest BCUT2D eigenvalue weighted by Gasteiger charge is -2.15. The van der Waals surface area contributed by atoms with Crippen molar-refractivity contribution >= 4 is 35.5 Å². The molecule has 2 aromatic carbocycles. The topological polar surface area (TPSA) is 93.7 Å². The first-order valence-electron chi connectivity index (χ1n) is 8.48. The van der Waals surface area contributed by atoms with Crippen LogP contribution >= 0.6 is 11.6 Å². The lowest BCUT2D eigenvalue weighted by molar-refractivity contribution is -0.123. The zero-order chi connectivity index (χ0) is 20.1. The maximum absolute atomic E-state index is 11.9. The van der Waals surface area contributed by atoms with Crippen molar-refractivity contribution in [2.75, 3.05) is 6.61 Å². The van der Waals surface area contributed by atoms with Crippen LogP contribution in [0.3, 0.4) is 0 Å². The number of nitrogens with one attached hydrogen (secondary N) is 2. The van der Waals surface area contributed by atoms with Gasteiger partial charge in [0.15, 0.2) is 11.5 Å². The highest BCUT2D eigenvalue weighted by Crippen LogP contribution is 2.30. The van der Waals surface area contributed by atoms with Crippen LogP contribution in [0.25, 0.3) is 6.08 Å². The summed E-state index contributed by atoms with van der Waals surface area (Å²) in [5.41, 5.74) is 1.33. The van der Waals surface area contributed by atoms with Crippen molar-refractivity contribution < 1.29 is 23.9 Å². The molecular weight excluding hydrogens is 384 g/mol. The molecule has 1 aliphatic rings. The molecule has 0 spiro atoms. The van der Waals surface area contributed by atoms with Crippen LogP contribution in [-0.2, 0) is 16.2 Å². The molecule has 3 rings (SSSR count). The summed E-state index contributed by atoms with van der Waals surface area (Å²) in [5.74, 6) is -0.519. The van der Waals surface area contributed by atoms with Gasteiger partial charge in [0.25, 0.3) is 11.8 Å². The van der Waals surface area contributed by atoms with Gasteiger partial charge in [-0.2, -0.15) is 0 Å². The molecule has 0 unspecified atom stereocenters. The molecule has 2 aromatic rings. The summed E-state index contributed by atoms with van der Waals surface area (Å²) >= 11 is 5.88. The summed E-state index contributed by atoms with van der Waals surface area (Å²) in [5, 5.41) is 4.71. The summed E-state index contributed by atoms with van der Waals surface area (Å²) in [6.07, 6.45) is 1.38. The standard InChI is InChI=1S/C20H17ClN2O5/c1-2-27-17-10-13(9-15-18(24)22-20(26)23-19(15)25)5-8-16(17)28-11-12-3-6-14(21)7-4-12/h3-10H,2,11H2,1H3,(H2,22,23,24,25,26). The summed E-state index contributed by atoms with van der Waals surface area (Å²) in [6.45, 7) is 2.57. The average molecular weight is 401 g/mol. The van der Waals surface area contributed by atoms with Crippen LogP contribution in [0, 0.1) is 0 Å². The molecule has 8 heteroatoms. The van der Waals surface area contributed by atoms with Gasteiger partial charge in [-0.05, 0) is 48.4 Å². The second-order valence-corrected chi connectivity index (χ2v) is 6.29. The summed E-state index contributed by atoms with van der Waals surface area (Å²) in [4.78, 5) is 34.8. The fourth-order valence-corrected chi connectivity index (χ4v) is 2.64. The molecule has 28 heavy (non-hydrogen) atoms. The number of ether oxygens (including phenoxy) is 2. The molecule has 0 radical (unpaired) electrons. The monoisotopic (exact) mass is 400 g/mol. The lowest BCUT2D eigenvalue weighted by atomic mass is 10.1. The third kappa shape index (κ3) is 4.69. The Balaban J connectivity index is 1.81. The molecule has 2 N–H and O–H groups in total. The molecule has 1 saturated heterocycles. The maximum Gasteiger partial charge on any atom is 0.328 e. The van der Waals surface area contributed by atoms with Gasteiger partial charge in [0.05, 0.1) is 6.61 Å². The highest BCUT2D eigenvalue weighted by molar-refractivity contribution is 6.31. The average Bonchev–Trinajstić information content (AvgIpc) is 2.65. The molecule has 0 atom stereocenters. The number of carbonyl (C=O) groups is 3. The Morgan fingerprint density at radius 1 is 0.929 bits per heavy atom. The Morgan fingerprint density at radius 2 is 1.61 bits per heavy atom. The number of imide groups is 2. The van der Waals surface area contributed by atoms with Crippen molar-refractivity contribution in [3.05, 3.63) is 64.2 Å². The Morgan fingerprint density at radius 3 is 2.25 bits per heavy atom. The molecule has 1 fully saturated rings. The largest absolute Gasteiger partial charge is 0.490 e. The Bertz CT molecular complexity index is 932. The highest BCUT2D eigenvalue weighted by atomic mass is 35.5. The molecular formula is C20H17ClN2O5. The zero-order valence-corrected chi connectivity index (χ0v) is 15.7. The summed E-state index contributed by atoms with van der Waals surface area (Å²) < 4.78 is 11.4. The van der Waals surface area contributed by atoms with E-state index >= 15 is 0 Å². The zero-order valence-electron chi connectivity index (χ0n) is 15.0. The van der Waals surface area contributed by atoms with E-state index in [-0.39, 0.29) is 5.57 Å².